The van der Waals surface area contributed by atoms with Crippen LogP contribution in [0.3, 0.4) is 0 Å². The van der Waals surface area contributed by atoms with Gasteiger partial charge in [-0.05, 0) is 84.8 Å². The van der Waals surface area contributed by atoms with Crippen molar-refractivity contribution in [2.75, 3.05) is 11.9 Å². The van der Waals surface area contributed by atoms with Crippen LogP contribution in [-0.2, 0) is 4.79 Å². The Bertz CT molecular complexity index is 1580. The molecule has 0 unspecified atom stereocenters. The standard InChI is InChI=1S/C32H26ClN3O5/c1-2-40-29-19-23(13-17-28(29)41-30(37)18-14-22-11-15-26(33)16-12-22)21-34-36-32(39)25-9-6-10-27(20-25)35-31(38)24-7-4-3-5-8-24/h3-21H,2H2,1H3,(H,35,38)(H,36,39)/b18-14+,34-21?. The minimum Gasteiger partial charge on any atom is -0.490 e. The van der Waals surface area contributed by atoms with Gasteiger partial charge in [0.25, 0.3) is 11.8 Å². The first kappa shape index (κ1) is 28.8. The van der Waals surface area contributed by atoms with Gasteiger partial charge in [0, 0.05) is 27.9 Å². The minimum atomic E-state index is -0.572. The first-order chi connectivity index (χ1) is 19.9. The van der Waals surface area contributed by atoms with Crippen LogP contribution >= 0.6 is 11.6 Å². The number of halogens is 1. The van der Waals surface area contributed by atoms with Gasteiger partial charge in [0.2, 0.25) is 0 Å². The van der Waals surface area contributed by atoms with Crippen LogP contribution in [0.5, 0.6) is 11.5 Å². The molecule has 2 amide bonds. The van der Waals surface area contributed by atoms with Crippen molar-refractivity contribution in [1.82, 2.24) is 5.43 Å². The third kappa shape index (κ3) is 8.64. The summed E-state index contributed by atoms with van der Waals surface area (Å²) < 4.78 is 11.1. The van der Waals surface area contributed by atoms with Crippen LogP contribution in [0, 0.1) is 0 Å². The number of carbonyl (C=O) groups is 3. The van der Waals surface area contributed by atoms with Gasteiger partial charge in [0.15, 0.2) is 11.5 Å². The largest absolute Gasteiger partial charge is 0.490 e. The number of anilines is 1. The van der Waals surface area contributed by atoms with Crippen molar-refractivity contribution in [1.29, 1.82) is 0 Å². The third-order valence-corrected chi connectivity index (χ3v) is 5.81. The molecule has 9 heteroatoms. The second kappa shape index (κ2) is 14.3. The number of amides is 2. The number of hydrogen-bond acceptors (Lipinski definition) is 6. The fourth-order valence-corrected chi connectivity index (χ4v) is 3.73. The fraction of sp³-hybridized carbons (Fsp3) is 0.0625. The van der Waals surface area contributed by atoms with Crippen molar-refractivity contribution in [3.8, 4) is 11.5 Å². The van der Waals surface area contributed by atoms with E-state index in [0.29, 0.717) is 39.8 Å². The van der Waals surface area contributed by atoms with E-state index in [-0.39, 0.29) is 11.7 Å². The molecule has 0 saturated heterocycles. The molecule has 0 radical (unpaired) electrons. The summed E-state index contributed by atoms with van der Waals surface area (Å²) in [4.78, 5) is 37.4. The number of hydrazone groups is 1. The Hall–Kier alpha value is -5.21. The molecule has 206 valence electrons. The average Bonchev–Trinajstić information content (AvgIpc) is 2.99. The van der Waals surface area contributed by atoms with Crippen LogP contribution < -0.4 is 20.2 Å². The van der Waals surface area contributed by atoms with Crippen LogP contribution in [0.1, 0.15) is 38.8 Å². The first-order valence-electron chi connectivity index (χ1n) is 12.6. The van der Waals surface area contributed by atoms with E-state index >= 15 is 0 Å². The first-order valence-corrected chi connectivity index (χ1v) is 13.0. The average molecular weight is 568 g/mol. The monoisotopic (exact) mass is 567 g/mol. The lowest BCUT2D eigenvalue weighted by Crippen LogP contribution is -2.18. The van der Waals surface area contributed by atoms with Gasteiger partial charge in [-0.3, -0.25) is 9.59 Å². The van der Waals surface area contributed by atoms with Crippen molar-refractivity contribution in [3.05, 3.63) is 130 Å². The molecule has 0 saturated carbocycles. The number of carbonyl (C=O) groups excluding carboxylic acids is 3. The highest BCUT2D eigenvalue weighted by Crippen LogP contribution is 2.28. The van der Waals surface area contributed by atoms with Crippen molar-refractivity contribution in [2.24, 2.45) is 5.10 Å². The summed E-state index contributed by atoms with van der Waals surface area (Å²) in [5.74, 6) is -0.721. The number of ether oxygens (including phenoxy) is 2. The molecule has 4 aromatic rings. The van der Waals surface area contributed by atoms with Gasteiger partial charge in [-0.25, -0.2) is 10.2 Å². The second-order valence-electron chi connectivity index (χ2n) is 8.55. The van der Waals surface area contributed by atoms with E-state index in [1.54, 1.807) is 97.1 Å². The summed E-state index contributed by atoms with van der Waals surface area (Å²) >= 11 is 5.88. The molecule has 0 aliphatic heterocycles. The lowest BCUT2D eigenvalue weighted by molar-refractivity contribution is -0.129. The van der Waals surface area contributed by atoms with E-state index in [1.165, 1.54) is 12.3 Å². The lowest BCUT2D eigenvalue weighted by Gasteiger charge is -2.10. The van der Waals surface area contributed by atoms with Crippen LogP contribution in [0.2, 0.25) is 5.02 Å². The Morgan fingerprint density at radius 1 is 0.805 bits per heavy atom. The quantitative estimate of drug-likeness (QED) is 0.0761. The summed E-state index contributed by atoms with van der Waals surface area (Å²) in [6, 6.07) is 27.2. The Kier molecular flexibility index (Phi) is 10.0. The number of hydrogen-bond donors (Lipinski definition) is 2. The number of esters is 1. The summed E-state index contributed by atoms with van der Waals surface area (Å²) in [5.41, 5.74) is 5.17. The number of nitrogens with one attached hydrogen (secondary N) is 2. The van der Waals surface area contributed by atoms with Gasteiger partial charge in [-0.1, -0.05) is 48.0 Å². The van der Waals surface area contributed by atoms with Crippen molar-refractivity contribution in [2.45, 2.75) is 6.92 Å². The lowest BCUT2D eigenvalue weighted by atomic mass is 10.1. The molecule has 8 nitrogen and oxygen atoms in total. The van der Waals surface area contributed by atoms with E-state index < -0.39 is 11.9 Å². The van der Waals surface area contributed by atoms with E-state index in [0.717, 1.165) is 5.56 Å². The molecule has 0 spiro atoms. The maximum absolute atomic E-state index is 12.6. The molecule has 4 aromatic carbocycles. The second-order valence-corrected chi connectivity index (χ2v) is 8.98. The summed E-state index contributed by atoms with van der Waals surface area (Å²) in [6.45, 7) is 2.16. The molecule has 0 aromatic heterocycles. The van der Waals surface area contributed by atoms with E-state index in [2.05, 4.69) is 15.8 Å². The highest BCUT2D eigenvalue weighted by Gasteiger charge is 2.11. The maximum Gasteiger partial charge on any atom is 0.336 e. The van der Waals surface area contributed by atoms with Gasteiger partial charge >= 0.3 is 5.97 Å². The molecule has 0 bridgehead atoms. The van der Waals surface area contributed by atoms with Crippen LogP contribution in [0.25, 0.3) is 6.08 Å². The van der Waals surface area contributed by atoms with Gasteiger partial charge < -0.3 is 14.8 Å². The van der Waals surface area contributed by atoms with E-state index in [4.69, 9.17) is 21.1 Å². The zero-order valence-electron chi connectivity index (χ0n) is 22.0. The zero-order valence-corrected chi connectivity index (χ0v) is 22.8. The summed E-state index contributed by atoms with van der Waals surface area (Å²) in [5, 5.41) is 7.40. The van der Waals surface area contributed by atoms with Gasteiger partial charge in [-0.2, -0.15) is 5.10 Å². The Balaban J connectivity index is 1.36. The zero-order chi connectivity index (χ0) is 29.0. The predicted molar refractivity (Wildman–Crippen MR) is 160 cm³/mol. The smallest absolute Gasteiger partial charge is 0.336 e. The van der Waals surface area contributed by atoms with Crippen molar-refractivity contribution < 1.29 is 23.9 Å². The maximum atomic E-state index is 12.6. The molecule has 0 aliphatic carbocycles. The SMILES string of the molecule is CCOc1cc(C=NNC(=O)c2cccc(NC(=O)c3ccccc3)c2)ccc1OC(=O)/C=C/c1ccc(Cl)cc1. The van der Waals surface area contributed by atoms with E-state index in [9.17, 15) is 14.4 Å². The highest BCUT2D eigenvalue weighted by atomic mass is 35.5. The molecule has 2 N–H and O–H groups in total. The summed E-state index contributed by atoms with van der Waals surface area (Å²) in [6.07, 6.45) is 4.37. The van der Waals surface area contributed by atoms with Crippen LogP contribution in [0.15, 0.2) is 108 Å². The van der Waals surface area contributed by atoms with Crippen LogP contribution in [-0.4, -0.2) is 30.6 Å². The molecule has 0 fully saturated rings. The van der Waals surface area contributed by atoms with Gasteiger partial charge in [-0.15, -0.1) is 0 Å². The van der Waals surface area contributed by atoms with Crippen LogP contribution in [0.4, 0.5) is 5.69 Å². The Labute approximate surface area is 242 Å². The summed E-state index contributed by atoms with van der Waals surface area (Å²) in [7, 11) is 0. The molecule has 0 heterocycles. The Morgan fingerprint density at radius 2 is 1.54 bits per heavy atom. The molecular formula is C32H26ClN3O5. The molecule has 4 rings (SSSR count). The topological polar surface area (TPSA) is 106 Å². The number of rotatable bonds is 10. The number of benzene rings is 4. The molecule has 41 heavy (non-hydrogen) atoms. The molecule has 0 atom stereocenters. The minimum absolute atomic E-state index is 0.244. The van der Waals surface area contributed by atoms with E-state index in [1.807, 2.05) is 13.0 Å². The highest BCUT2D eigenvalue weighted by molar-refractivity contribution is 6.30. The van der Waals surface area contributed by atoms with Gasteiger partial charge in [0.05, 0.1) is 12.8 Å². The Morgan fingerprint density at radius 3 is 2.29 bits per heavy atom. The van der Waals surface area contributed by atoms with Crippen molar-refractivity contribution >= 4 is 47.4 Å². The van der Waals surface area contributed by atoms with Crippen molar-refractivity contribution in [3.63, 3.8) is 0 Å². The van der Waals surface area contributed by atoms with Gasteiger partial charge in [0.1, 0.15) is 0 Å². The molecule has 0 aliphatic rings. The fourth-order valence-electron chi connectivity index (χ4n) is 3.60. The predicted octanol–water partition coefficient (Wildman–Crippen LogP) is 6.37. The normalized spacial score (nSPS) is 10.9. The number of nitrogens with zero attached hydrogens (tertiary/aromatic N) is 1. The third-order valence-electron chi connectivity index (χ3n) is 5.56. The molecular weight excluding hydrogens is 542 g/mol.